The molecule has 0 spiro atoms. The first kappa shape index (κ1) is 19.4. The summed E-state index contributed by atoms with van der Waals surface area (Å²) < 4.78 is 13.4. The van der Waals surface area contributed by atoms with E-state index in [1.165, 1.54) is 18.2 Å². The summed E-state index contributed by atoms with van der Waals surface area (Å²) >= 11 is 1.62. The number of halogens is 1. The molecule has 1 saturated heterocycles. The molecule has 0 saturated carbocycles. The van der Waals surface area contributed by atoms with E-state index in [0.29, 0.717) is 31.0 Å². The average molecular weight is 386 g/mol. The van der Waals surface area contributed by atoms with Crippen molar-refractivity contribution in [3.63, 3.8) is 0 Å². The number of rotatable bonds is 6. The molecule has 2 aromatic carbocycles. The molecule has 2 amide bonds. The SMILES string of the molecule is CCN(CCN1C(=O)CS[C@H]1c1ccccc1C)C(=O)c1cccc(F)c1. The van der Waals surface area contributed by atoms with Crippen LogP contribution in [0.1, 0.15) is 33.8 Å². The standard InChI is InChI=1S/C21H23FN2O2S/c1-3-23(20(26)16-8-6-9-17(22)13-16)11-12-24-19(25)14-27-21(24)18-10-5-4-7-15(18)2/h4-10,13,21H,3,11-12,14H2,1-2H3/t21-/m0/s1. The minimum atomic E-state index is -0.428. The summed E-state index contributed by atoms with van der Waals surface area (Å²) in [5.74, 6) is -0.114. The molecule has 0 aliphatic carbocycles. The largest absolute Gasteiger partial charge is 0.337 e. The van der Waals surface area contributed by atoms with E-state index in [2.05, 4.69) is 0 Å². The van der Waals surface area contributed by atoms with Gasteiger partial charge in [0.15, 0.2) is 0 Å². The Morgan fingerprint density at radius 1 is 1.26 bits per heavy atom. The lowest BCUT2D eigenvalue weighted by Crippen LogP contribution is -2.40. The van der Waals surface area contributed by atoms with Crippen LogP contribution in [0.5, 0.6) is 0 Å². The Morgan fingerprint density at radius 2 is 2.04 bits per heavy atom. The van der Waals surface area contributed by atoms with Crippen molar-refractivity contribution in [2.45, 2.75) is 19.2 Å². The maximum Gasteiger partial charge on any atom is 0.254 e. The average Bonchev–Trinajstić information content (AvgIpc) is 3.03. The predicted octanol–water partition coefficient (Wildman–Crippen LogP) is 3.87. The third kappa shape index (κ3) is 4.33. The highest BCUT2D eigenvalue weighted by Gasteiger charge is 2.33. The summed E-state index contributed by atoms with van der Waals surface area (Å²) in [5.41, 5.74) is 2.61. The quantitative estimate of drug-likeness (QED) is 0.757. The maximum atomic E-state index is 13.4. The molecule has 1 aliphatic heterocycles. The zero-order valence-electron chi connectivity index (χ0n) is 15.5. The highest BCUT2D eigenvalue weighted by atomic mass is 32.2. The van der Waals surface area contributed by atoms with E-state index in [9.17, 15) is 14.0 Å². The Labute approximate surface area is 163 Å². The van der Waals surface area contributed by atoms with Gasteiger partial charge in [-0.1, -0.05) is 30.3 Å². The van der Waals surface area contributed by atoms with Crippen molar-refractivity contribution in [1.29, 1.82) is 0 Å². The number of carbonyl (C=O) groups is 2. The fraction of sp³-hybridized carbons (Fsp3) is 0.333. The fourth-order valence-corrected chi connectivity index (χ4v) is 4.57. The summed E-state index contributed by atoms with van der Waals surface area (Å²) in [5, 5.41) is -0.0262. The molecule has 6 heteroatoms. The number of hydrogen-bond acceptors (Lipinski definition) is 3. The molecular weight excluding hydrogens is 363 g/mol. The number of likely N-dealkylation sites (N-methyl/N-ethyl adjacent to an activating group) is 1. The number of carbonyl (C=O) groups excluding carboxylic acids is 2. The van der Waals surface area contributed by atoms with Gasteiger partial charge in [0.25, 0.3) is 5.91 Å². The molecule has 2 aromatic rings. The fourth-order valence-electron chi connectivity index (χ4n) is 3.25. The van der Waals surface area contributed by atoms with Gasteiger partial charge >= 0.3 is 0 Å². The van der Waals surface area contributed by atoms with E-state index in [0.717, 1.165) is 11.1 Å². The topological polar surface area (TPSA) is 40.6 Å². The normalized spacial score (nSPS) is 16.6. The summed E-state index contributed by atoms with van der Waals surface area (Å²) in [6.45, 7) is 5.30. The van der Waals surface area contributed by atoms with Crippen molar-refractivity contribution in [3.8, 4) is 0 Å². The van der Waals surface area contributed by atoms with Crippen LogP contribution in [-0.2, 0) is 4.79 Å². The third-order valence-corrected chi connectivity index (χ3v) is 6.01. The van der Waals surface area contributed by atoms with Crippen LogP contribution in [0.2, 0.25) is 0 Å². The number of nitrogens with zero attached hydrogens (tertiary/aromatic N) is 2. The summed E-state index contributed by atoms with van der Waals surface area (Å²) in [6.07, 6.45) is 0. The molecule has 0 bridgehead atoms. The maximum absolute atomic E-state index is 13.4. The lowest BCUT2D eigenvalue weighted by atomic mass is 10.1. The van der Waals surface area contributed by atoms with E-state index in [1.54, 1.807) is 22.7 Å². The van der Waals surface area contributed by atoms with E-state index >= 15 is 0 Å². The summed E-state index contributed by atoms with van der Waals surface area (Å²) in [6, 6.07) is 13.8. The lowest BCUT2D eigenvalue weighted by Gasteiger charge is -2.29. The lowest BCUT2D eigenvalue weighted by molar-refractivity contribution is -0.128. The van der Waals surface area contributed by atoms with Crippen molar-refractivity contribution in [2.24, 2.45) is 0 Å². The van der Waals surface area contributed by atoms with Gasteiger partial charge in [-0.2, -0.15) is 0 Å². The van der Waals surface area contributed by atoms with Crippen LogP contribution in [0.4, 0.5) is 4.39 Å². The van der Waals surface area contributed by atoms with Crippen LogP contribution in [0.25, 0.3) is 0 Å². The number of amides is 2. The van der Waals surface area contributed by atoms with Crippen molar-refractivity contribution < 1.29 is 14.0 Å². The van der Waals surface area contributed by atoms with E-state index < -0.39 is 5.82 Å². The van der Waals surface area contributed by atoms with Crippen LogP contribution in [0.15, 0.2) is 48.5 Å². The second-order valence-electron chi connectivity index (χ2n) is 6.50. The smallest absolute Gasteiger partial charge is 0.254 e. The van der Waals surface area contributed by atoms with Gasteiger partial charge in [-0.3, -0.25) is 9.59 Å². The van der Waals surface area contributed by atoms with Gasteiger partial charge in [-0.15, -0.1) is 11.8 Å². The zero-order chi connectivity index (χ0) is 19.4. The molecular formula is C21H23FN2O2S. The minimum absolute atomic E-state index is 0.0262. The van der Waals surface area contributed by atoms with Gasteiger partial charge in [-0.05, 0) is 43.2 Å². The zero-order valence-corrected chi connectivity index (χ0v) is 16.3. The first-order valence-electron chi connectivity index (χ1n) is 9.02. The molecule has 27 heavy (non-hydrogen) atoms. The van der Waals surface area contributed by atoms with Gasteiger partial charge in [0.2, 0.25) is 5.91 Å². The Hall–Kier alpha value is -2.34. The highest BCUT2D eigenvalue weighted by Crippen LogP contribution is 2.39. The minimum Gasteiger partial charge on any atom is -0.337 e. The molecule has 1 fully saturated rings. The van der Waals surface area contributed by atoms with Crippen molar-refractivity contribution in [1.82, 2.24) is 9.80 Å². The molecule has 0 N–H and O–H groups in total. The second-order valence-corrected chi connectivity index (χ2v) is 7.57. The van der Waals surface area contributed by atoms with Crippen molar-refractivity contribution in [3.05, 3.63) is 71.0 Å². The molecule has 1 aliphatic rings. The van der Waals surface area contributed by atoms with Gasteiger partial charge in [0, 0.05) is 25.2 Å². The van der Waals surface area contributed by atoms with Crippen molar-refractivity contribution >= 4 is 23.6 Å². The summed E-state index contributed by atoms with van der Waals surface area (Å²) in [7, 11) is 0. The molecule has 1 heterocycles. The van der Waals surface area contributed by atoms with E-state index in [-0.39, 0.29) is 17.2 Å². The Morgan fingerprint density at radius 3 is 2.74 bits per heavy atom. The number of benzene rings is 2. The molecule has 4 nitrogen and oxygen atoms in total. The van der Waals surface area contributed by atoms with Crippen LogP contribution in [-0.4, -0.2) is 47.0 Å². The second kappa shape index (κ2) is 8.57. The Balaban J connectivity index is 1.72. The number of aryl methyl sites for hydroxylation is 1. The van der Waals surface area contributed by atoms with E-state index in [4.69, 9.17) is 0 Å². The van der Waals surface area contributed by atoms with Crippen LogP contribution in [0, 0.1) is 12.7 Å². The number of hydrogen-bond donors (Lipinski definition) is 0. The van der Waals surface area contributed by atoms with Gasteiger partial charge < -0.3 is 9.80 Å². The first-order valence-corrected chi connectivity index (χ1v) is 10.1. The molecule has 3 rings (SSSR count). The predicted molar refractivity (Wildman–Crippen MR) is 106 cm³/mol. The van der Waals surface area contributed by atoms with E-state index in [1.807, 2.05) is 43.0 Å². The Bertz CT molecular complexity index is 842. The number of thioether (sulfide) groups is 1. The van der Waals surface area contributed by atoms with Gasteiger partial charge in [0.1, 0.15) is 11.2 Å². The van der Waals surface area contributed by atoms with Crippen molar-refractivity contribution in [2.75, 3.05) is 25.4 Å². The molecule has 0 radical (unpaired) electrons. The molecule has 1 atom stereocenters. The Kier molecular flexibility index (Phi) is 6.16. The van der Waals surface area contributed by atoms with Gasteiger partial charge in [-0.25, -0.2) is 4.39 Å². The monoisotopic (exact) mass is 386 g/mol. The van der Waals surface area contributed by atoms with Crippen LogP contribution < -0.4 is 0 Å². The first-order chi connectivity index (χ1) is 13.0. The summed E-state index contributed by atoms with van der Waals surface area (Å²) in [4.78, 5) is 28.6. The molecule has 0 aromatic heterocycles. The van der Waals surface area contributed by atoms with Crippen LogP contribution >= 0.6 is 11.8 Å². The third-order valence-electron chi connectivity index (χ3n) is 4.77. The molecule has 0 unspecified atom stereocenters. The van der Waals surface area contributed by atoms with Gasteiger partial charge in [0.05, 0.1) is 5.75 Å². The highest BCUT2D eigenvalue weighted by molar-refractivity contribution is 8.00. The van der Waals surface area contributed by atoms with Crippen LogP contribution in [0.3, 0.4) is 0 Å². The molecule has 142 valence electrons.